The second kappa shape index (κ2) is 7.33. The van der Waals surface area contributed by atoms with Crippen LogP contribution in [0.2, 0.25) is 0 Å². The summed E-state index contributed by atoms with van der Waals surface area (Å²) in [5.74, 6) is -0.826. The number of hydrogen-bond donors (Lipinski definition) is 2. The van der Waals surface area contributed by atoms with Crippen molar-refractivity contribution >= 4 is 11.9 Å². The van der Waals surface area contributed by atoms with Crippen molar-refractivity contribution in [2.75, 3.05) is 32.7 Å². The van der Waals surface area contributed by atoms with Crippen LogP contribution in [0.5, 0.6) is 0 Å². The predicted octanol–water partition coefficient (Wildman–Crippen LogP) is -0.267. The van der Waals surface area contributed by atoms with Crippen molar-refractivity contribution in [2.24, 2.45) is 5.73 Å². The van der Waals surface area contributed by atoms with Crippen LogP contribution in [0.15, 0.2) is 0 Å². The second-order valence-electron chi connectivity index (χ2n) is 4.74. The van der Waals surface area contributed by atoms with E-state index in [0.717, 1.165) is 19.3 Å². The maximum atomic E-state index is 12.0. The van der Waals surface area contributed by atoms with Crippen molar-refractivity contribution in [1.82, 2.24) is 9.80 Å². The van der Waals surface area contributed by atoms with Crippen LogP contribution in [-0.2, 0) is 9.59 Å². The van der Waals surface area contributed by atoms with E-state index in [1.54, 1.807) is 4.90 Å². The van der Waals surface area contributed by atoms with E-state index in [4.69, 9.17) is 10.8 Å². The summed E-state index contributed by atoms with van der Waals surface area (Å²) in [7, 11) is 0. The number of amides is 1. The highest BCUT2D eigenvalue weighted by atomic mass is 16.4. The van der Waals surface area contributed by atoms with Crippen molar-refractivity contribution in [3.63, 3.8) is 0 Å². The molecule has 18 heavy (non-hydrogen) atoms. The number of carboxylic acid groups (broad SMARTS) is 1. The molecule has 1 atom stereocenters. The van der Waals surface area contributed by atoms with Crippen LogP contribution in [0.4, 0.5) is 0 Å². The van der Waals surface area contributed by atoms with Gasteiger partial charge in [-0.3, -0.25) is 14.5 Å². The number of piperazine rings is 1. The predicted molar refractivity (Wildman–Crippen MR) is 68.2 cm³/mol. The van der Waals surface area contributed by atoms with Gasteiger partial charge in [0, 0.05) is 26.2 Å². The quantitative estimate of drug-likeness (QED) is 0.684. The summed E-state index contributed by atoms with van der Waals surface area (Å²) < 4.78 is 0. The average molecular weight is 257 g/mol. The first-order valence-corrected chi connectivity index (χ1v) is 6.53. The Kier molecular flexibility index (Phi) is 6.07. The third-order valence-corrected chi connectivity index (χ3v) is 3.23. The summed E-state index contributed by atoms with van der Waals surface area (Å²) in [6.07, 6.45) is 2.73. The summed E-state index contributed by atoms with van der Waals surface area (Å²) in [5, 5.41) is 8.68. The van der Waals surface area contributed by atoms with Crippen molar-refractivity contribution in [3.05, 3.63) is 0 Å². The normalized spacial score (nSPS) is 18.7. The number of hydrogen-bond acceptors (Lipinski definition) is 4. The van der Waals surface area contributed by atoms with Gasteiger partial charge in [-0.1, -0.05) is 19.8 Å². The van der Waals surface area contributed by atoms with Gasteiger partial charge in [0.2, 0.25) is 5.91 Å². The van der Waals surface area contributed by atoms with Gasteiger partial charge in [-0.15, -0.1) is 0 Å². The monoisotopic (exact) mass is 257 g/mol. The Morgan fingerprint density at radius 2 is 1.89 bits per heavy atom. The highest BCUT2D eigenvalue weighted by Crippen LogP contribution is 2.06. The van der Waals surface area contributed by atoms with Gasteiger partial charge >= 0.3 is 5.97 Å². The molecule has 0 spiro atoms. The number of carboxylic acids is 1. The Morgan fingerprint density at radius 1 is 1.28 bits per heavy atom. The molecule has 0 aromatic heterocycles. The van der Waals surface area contributed by atoms with Gasteiger partial charge in [0.25, 0.3) is 0 Å². The Labute approximate surface area is 108 Å². The molecule has 0 bridgehead atoms. The lowest BCUT2D eigenvalue weighted by atomic mass is 10.1. The number of carbonyl (C=O) groups is 2. The zero-order chi connectivity index (χ0) is 13.5. The highest BCUT2D eigenvalue weighted by molar-refractivity contribution is 5.81. The molecule has 3 N–H and O–H groups in total. The Bertz CT molecular complexity index is 288. The van der Waals surface area contributed by atoms with E-state index in [0.29, 0.717) is 26.2 Å². The molecule has 0 radical (unpaired) electrons. The van der Waals surface area contributed by atoms with Gasteiger partial charge < -0.3 is 15.7 Å². The molecule has 1 aliphatic heterocycles. The Morgan fingerprint density at radius 3 is 2.39 bits per heavy atom. The zero-order valence-electron chi connectivity index (χ0n) is 11.0. The van der Waals surface area contributed by atoms with Crippen LogP contribution in [0.3, 0.4) is 0 Å². The smallest absolute Gasteiger partial charge is 0.317 e. The number of unbranched alkanes of at least 4 members (excludes halogenated alkanes) is 1. The molecule has 0 aromatic rings. The molecular formula is C12H23N3O3. The largest absolute Gasteiger partial charge is 0.480 e. The molecule has 0 saturated carbocycles. The third kappa shape index (κ3) is 4.62. The topological polar surface area (TPSA) is 86.9 Å². The Hall–Kier alpha value is -1.14. The third-order valence-electron chi connectivity index (χ3n) is 3.23. The summed E-state index contributed by atoms with van der Waals surface area (Å²) in [6.45, 7) is 4.49. The lowest BCUT2D eigenvalue weighted by Gasteiger charge is -2.35. The van der Waals surface area contributed by atoms with Gasteiger partial charge in [-0.25, -0.2) is 0 Å². The number of carbonyl (C=O) groups excluding carboxylic acids is 1. The van der Waals surface area contributed by atoms with Gasteiger partial charge in [0.05, 0.1) is 12.6 Å². The van der Waals surface area contributed by atoms with E-state index < -0.39 is 12.0 Å². The number of nitrogens with zero attached hydrogens (tertiary/aromatic N) is 2. The van der Waals surface area contributed by atoms with E-state index in [9.17, 15) is 9.59 Å². The van der Waals surface area contributed by atoms with E-state index in [1.807, 2.05) is 4.90 Å². The summed E-state index contributed by atoms with van der Waals surface area (Å²) in [5.41, 5.74) is 5.85. The first-order valence-electron chi connectivity index (χ1n) is 6.53. The molecule has 0 aromatic carbocycles. The van der Waals surface area contributed by atoms with E-state index >= 15 is 0 Å². The van der Waals surface area contributed by atoms with Crippen LogP contribution >= 0.6 is 0 Å². The molecule has 1 fully saturated rings. The fourth-order valence-corrected chi connectivity index (χ4v) is 2.10. The van der Waals surface area contributed by atoms with Crippen molar-refractivity contribution < 1.29 is 14.7 Å². The van der Waals surface area contributed by atoms with Crippen LogP contribution in [-0.4, -0.2) is 65.5 Å². The van der Waals surface area contributed by atoms with Crippen molar-refractivity contribution in [1.29, 1.82) is 0 Å². The van der Waals surface area contributed by atoms with Gasteiger partial charge in [-0.2, -0.15) is 0 Å². The fraction of sp³-hybridized carbons (Fsp3) is 0.833. The van der Waals surface area contributed by atoms with Gasteiger partial charge in [-0.05, 0) is 6.42 Å². The maximum absolute atomic E-state index is 12.0. The molecule has 1 heterocycles. The fourth-order valence-electron chi connectivity index (χ4n) is 2.10. The molecule has 6 nitrogen and oxygen atoms in total. The second-order valence-corrected chi connectivity index (χ2v) is 4.74. The van der Waals surface area contributed by atoms with E-state index in [-0.39, 0.29) is 12.5 Å². The number of aliphatic carboxylic acids is 1. The minimum atomic E-state index is -0.825. The molecule has 6 heteroatoms. The minimum Gasteiger partial charge on any atom is -0.480 e. The van der Waals surface area contributed by atoms with E-state index in [1.165, 1.54) is 0 Å². The number of rotatable bonds is 6. The summed E-state index contributed by atoms with van der Waals surface area (Å²) in [4.78, 5) is 26.2. The lowest BCUT2D eigenvalue weighted by molar-refractivity contribution is -0.139. The van der Waals surface area contributed by atoms with Crippen LogP contribution in [0.1, 0.15) is 26.2 Å². The Balaban J connectivity index is 2.33. The molecule has 0 aliphatic carbocycles. The lowest BCUT2D eigenvalue weighted by Crippen LogP contribution is -2.53. The molecule has 1 aliphatic rings. The van der Waals surface area contributed by atoms with Crippen LogP contribution < -0.4 is 5.73 Å². The number of nitrogens with two attached hydrogens (primary N) is 1. The standard InChI is InChI=1S/C12H23N3O3/c1-2-3-4-10(13)12(18)15-7-5-14(6-8-15)9-11(16)17/h10H,2-9,13H2,1H3,(H,16,17)/t10-/m0/s1. The summed E-state index contributed by atoms with van der Waals surface area (Å²) in [6, 6.07) is -0.407. The molecule has 1 amide bonds. The molecule has 0 unspecified atom stereocenters. The maximum Gasteiger partial charge on any atom is 0.317 e. The SMILES string of the molecule is CCCC[C@H](N)C(=O)N1CCN(CC(=O)O)CC1. The van der Waals surface area contributed by atoms with Crippen molar-refractivity contribution in [2.45, 2.75) is 32.2 Å². The first-order chi connectivity index (χ1) is 8.54. The molecule has 1 rings (SSSR count). The molecular weight excluding hydrogens is 234 g/mol. The van der Waals surface area contributed by atoms with Gasteiger partial charge in [0.1, 0.15) is 0 Å². The highest BCUT2D eigenvalue weighted by Gasteiger charge is 2.25. The minimum absolute atomic E-state index is 0.00146. The first kappa shape index (κ1) is 14.9. The van der Waals surface area contributed by atoms with E-state index in [2.05, 4.69) is 6.92 Å². The van der Waals surface area contributed by atoms with Crippen LogP contribution in [0, 0.1) is 0 Å². The average Bonchev–Trinajstić information content (AvgIpc) is 2.35. The zero-order valence-corrected chi connectivity index (χ0v) is 11.0. The molecule has 1 saturated heterocycles. The van der Waals surface area contributed by atoms with Gasteiger partial charge in [0.15, 0.2) is 0 Å². The van der Waals surface area contributed by atoms with Crippen LogP contribution in [0.25, 0.3) is 0 Å². The summed E-state index contributed by atoms with van der Waals surface area (Å²) >= 11 is 0. The van der Waals surface area contributed by atoms with Crippen molar-refractivity contribution in [3.8, 4) is 0 Å². The molecule has 104 valence electrons.